The van der Waals surface area contributed by atoms with Gasteiger partial charge in [0, 0.05) is 17.8 Å². The van der Waals surface area contributed by atoms with Crippen LogP contribution in [0, 0.1) is 0 Å². The van der Waals surface area contributed by atoms with Gasteiger partial charge in [-0.25, -0.2) is 9.69 Å². The number of carbonyl (C=O) groups is 1. The van der Waals surface area contributed by atoms with Crippen molar-refractivity contribution >= 4 is 38.4 Å². The van der Waals surface area contributed by atoms with Crippen LogP contribution in [0.3, 0.4) is 0 Å². The summed E-state index contributed by atoms with van der Waals surface area (Å²) in [6, 6.07) is -0.218. The van der Waals surface area contributed by atoms with Crippen molar-refractivity contribution < 1.29 is 9.90 Å². The fourth-order valence-corrected chi connectivity index (χ4v) is 4.29. The third kappa shape index (κ3) is 2.56. The average molecular weight is 361 g/mol. The van der Waals surface area contributed by atoms with Gasteiger partial charge in [-0.2, -0.15) is 0 Å². The Morgan fingerprint density at radius 1 is 1.30 bits per heavy atom. The van der Waals surface area contributed by atoms with Gasteiger partial charge >= 0.3 is 6.03 Å². The Kier molecular flexibility index (Phi) is 3.96. The number of aliphatic hydroxyl groups excluding tert-OH is 1. The van der Waals surface area contributed by atoms with E-state index in [1.165, 1.54) is 21.1 Å². The summed E-state index contributed by atoms with van der Waals surface area (Å²) in [5.74, 6) is 0.433. The maximum atomic E-state index is 12.0. The summed E-state index contributed by atoms with van der Waals surface area (Å²) in [5, 5.41) is 19.8. The van der Waals surface area contributed by atoms with Gasteiger partial charge in [-0.3, -0.25) is 0 Å². The van der Waals surface area contributed by atoms with Crippen molar-refractivity contribution in [3.8, 4) is 0 Å². The molecule has 1 N–H and O–H groups in total. The molecule has 110 valence electrons. The number of alkyl halides is 1. The SMILES string of the molecule is CN1CC(O)N(c2nnc(C3CCC(Br)CC3)s2)C1=O. The lowest BCUT2D eigenvalue weighted by Crippen LogP contribution is -2.34. The van der Waals surface area contributed by atoms with Crippen LogP contribution in [-0.4, -0.2) is 50.9 Å². The first kappa shape index (κ1) is 14.2. The van der Waals surface area contributed by atoms with Crippen molar-refractivity contribution in [2.24, 2.45) is 0 Å². The third-order valence-corrected chi connectivity index (χ3v) is 5.91. The second-order valence-electron chi connectivity index (χ2n) is 5.39. The van der Waals surface area contributed by atoms with Crippen LogP contribution in [0.25, 0.3) is 0 Å². The molecule has 1 aromatic heterocycles. The number of halogens is 1. The van der Waals surface area contributed by atoms with Crippen molar-refractivity contribution in [1.29, 1.82) is 0 Å². The number of hydrogen-bond acceptors (Lipinski definition) is 5. The second-order valence-corrected chi connectivity index (χ2v) is 7.67. The molecule has 1 aliphatic heterocycles. The second kappa shape index (κ2) is 5.57. The Bertz CT molecular complexity index is 503. The van der Waals surface area contributed by atoms with Gasteiger partial charge in [0.05, 0.1) is 6.54 Å². The molecule has 20 heavy (non-hydrogen) atoms. The van der Waals surface area contributed by atoms with E-state index in [-0.39, 0.29) is 6.03 Å². The molecule has 1 aliphatic carbocycles. The van der Waals surface area contributed by atoms with Crippen LogP contribution in [0.15, 0.2) is 0 Å². The summed E-state index contributed by atoms with van der Waals surface area (Å²) < 4.78 is 0. The lowest BCUT2D eigenvalue weighted by molar-refractivity contribution is 0.183. The number of amides is 2. The lowest BCUT2D eigenvalue weighted by Gasteiger charge is -2.22. The molecule has 2 amide bonds. The van der Waals surface area contributed by atoms with E-state index in [4.69, 9.17) is 0 Å². The smallest absolute Gasteiger partial charge is 0.328 e. The van der Waals surface area contributed by atoms with Crippen LogP contribution in [-0.2, 0) is 0 Å². The predicted molar refractivity (Wildman–Crippen MR) is 80.3 cm³/mol. The lowest BCUT2D eigenvalue weighted by atomic mass is 9.90. The van der Waals surface area contributed by atoms with Crippen LogP contribution in [0.5, 0.6) is 0 Å². The van der Waals surface area contributed by atoms with E-state index >= 15 is 0 Å². The standard InChI is InChI=1S/C12H17BrN4O2S/c1-16-6-9(18)17(12(16)19)11-15-14-10(20-11)7-2-4-8(13)5-3-7/h7-9,18H,2-6H2,1H3. The number of aromatic nitrogens is 2. The largest absolute Gasteiger partial charge is 0.371 e. The van der Waals surface area contributed by atoms with Gasteiger partial charge in [0.2, 0.25) is 5.13 Å². The molecule has 2 aliphatic rings. The summed E-state index contributed by atoms with van der Waals surface area (Å²) >= 11 is 5.07. The van der Waals surface area contributed by atoms with Crippen molar-refractivity contribution in [2.45, 2.75) is 42.7 Å². The molecule has 2 fully saturated rings. The van der Waals surface area contributed by atoms with E-state index < -0.39 is 6.23 Å². The molecule has 0 spiro atoms. The minimum Gasteiger partial charge on any atom is -0.371 e. The van der Waals surface area contributed by atoms with Crippen molar-refractivity contribution in [3.05, 3.63) is 5.01 Å². The van der Waals surface area contributed by atoms with Crippen LogP contribution in [0.2, 0.25) is 0 Å². The van der Waals surface area contributed by atoms with Crippen LogP contribution in [0.4, 0.5) is 9.93 Å². The van der Waals surface area contributed by atoms with Gasteiger partial charge in [0.25, 0.3) is 0 Å². The summed E-state index contributed by atoms with van der Waals surface area (Å²) in [6.45, 7) is 0.308. The van der Waals surface area contributed by atoms with E-state index in [1.54, 1.807) is 7.05 Å². The first-order chi connectivity index (χ1) is 9.56. The molecule has 1 atom stereocenters. The molecule has 1 saturated heterocycles. The first-order valence-electron chi connectivity index (χ1n) is 6.76. The van der Waals surface area contributed by atoms with E-state index in [2.05, 4.69) is 26.1 Å². The molecule has 0 radical (unpaired) electrons. The number of rotatable bonds is 2. The maximum absolute atomic E-state index is 12.0. The minimum atomic E-state index is -0.827. The molecule has 1 aromatic rings. The predicted octanol–water partition coefficient (Wildman–Crippen LogP) is 2.15. The van der Waals surface area contributed by atoms with E-state index in [0.717, 1.165) is 30.7 Å². The Labute approximate surface area is 129 Å². The Morgan fingerprint density at radius 3 is 2.60 bits per heavy atom. The van der Waals surface area contributed by atoms with Gasteiger partial charge in [-0.05, 0) is 25.7 Å². The van der Waals surface area contributed by atoms with E-state index in [9.17, 15) is 9.90 Å². The normalized spacial score (nSPS) is 31.1. The Morgan fingerprint density at radius 2 is 2.00 bits per heavy atom. The zero-order chi connectivity index (χ0) is 14.3. The average Bonchev–Trinajstić information content (AvgIpc) is 2.97. The Balaban J connectivity index is 1.75. The fourth-order valence-electron chi connectivity index (χ4n) is 2.71. The highest BCUT2D eigenvalue weighted by Crippen LogP contribution is 2.38. The highest BCUT2D eigenvalue weighted by Gasteiger charge is 2.37. The first-order valence-corrected chi connectivity index (χ1v) is 8.49. The zero-order valence-electron chi connectivity index (χ0n) is 11.2. The number of urea groups is 1. The molecule has 0 bridgehead atoms. The number of likely N-dealkylation sites (N-methyl/N-ethyl adjacent to an activating group) is 1. The molecule has 8 heteroatoms. The topological polar surface area (TPSA) is 69.6 Å². The highest BCUT2D eigenvalue weighted by molar-refractivity contribution is 9.09. The number of nitrogens with zero attached hydrogens (tertiary/aromatic N) is 4. The highest BCUT2D eigenvalue weighted by atomic mass is 79.9. The number of carbonyl (C=O) groups excluding carboxylic acids is 1. The van der Waals surface area contributed by atoms with Crippen LogP contribution < -0.4 is 4.90 Å². The van der Waals surface area contributed by atoms with Crippen molar-refractivity contribution in [2.75, 3.05) is 18.5 Å². The van der Waals surface area contributed by atoms with Crippen molar-refractivity contribution in [1.82, 2.24) is 15.1 Å². The van der Waals surface area contributed by atoms with Crippen molar-refractivity contribution in [3.63, 3.8) is 0 Å². The molecule has 1 unspecified atom stereocenters. The molecule has 3 rings (SSSR count). The van der Waals surface area contributed by atoms with Gasteiger partial charge < -0.3 is 10.0 Å². The number of anilines is 1. The summed E-state index contributed by atoms with van der Waals surface area (Å²) in [4.78, 5) is 15.4. The summed E-state index contributed by atoms with van der Waals surface area (Å²) in [7, 11) is 1.67. The maximum Gasteiger partial charge on any atom is 0.328 e. The molecule has 1 saturated carbocycles. The molecule has 0 aromatic carbocycles. The van der Waals surface area contributed by atoms with E-state index in [0.29, 0.717) is 22.4 Å². The number of hydrogen-bond donors (Lipinski definition) is 1. The fraction of sp³-hybridized carbons (Fsp3) is 0.750. The quantitative estimate of drug-likeness (QED) is 0.820. The molecular formula is C12H17BrN4O2S. The van der Waals surface area contributed by atoms with Gasteiger partial charge in [0.1, 0.15) is 5.01 Å². The zero-order valence-corrected chi connectivity index (χ0v) is 13.6. The van der Waals surface area contributed by atoms with Crippen LogP contribution in [0.1, 0.15) is 36.6 Å². The van der Waals surface area contributed by atoms with E-state index in [1.807, 2.05) is 0 Å². The third-order valence-electron chi connectivity index (χ3n) is 3.91. The number of aliphatic hydroxyl groups is 1. The van der Waals surface area contributed by atoms with Gasteiger partial charge in [-0.15, -0.1) is 10.2 Å². The molecular weight excluding hydrogens is 344 g/mol. The monoisotopic (exact) mass is 360 g/mol. The molecule has 2 heterocycles. The Hall–Kier alpha value is -0.730. The van der Waals surface area contributed by atoms with Gasteiger partial charge in [-0.1, -0.05) is 27.3 Å². The summed E-state index contributed by atoms with van der Waals surface area (Å²) in [5.41, 5.74) is 0. The summed E-state index contributed by atoms with van der Waals surface area (Å²) in [6.07, 6.45) is 3.66. The number of β-amino-alcohol motifs (C(OH)–C–C–N with tert-alkyl or cyclic N) is 1. The molecule has 6 nitrogen and oxygen atoms in total. The minimum absolute atomic E-state index is 0.218. The van der Waals surface area contributed by atoms with Crippen LogP contribution >= 0.6 is 27.3 Å². The van der Waals surface area contributed by atoms with Gasteiger partial charge in [0.15, 0.2) is 6.23 Å².